The second kappa shape index (κ2) is 6.60. The van der Waals surface area contributed by atoms with Crippen molar-refractivity contribution in [3.8, 4) is 11.8 Å². The molecule has 0 saturated heterocycles. The van der Waals surface area contributed by atoms with Crippen LogP contribution in [0.4, 0.5) is 0 Å². The lowest BCUT2D eigenvalue weighted by Gasteiger charge is -1.99. The molecule has 0 aliphatic heterocycles. The number of thiazole rings is 1. The van der Waals surface area contributed by atoms with Crippen LogP contribution >= 0.6 is 23.1 Å². The lowest BCUT2D eigenvalue weighted by atomic mass is 10.1. The molecule has 4 heteroatoms. The van der Waals surface area contributed by atoms with E-state index in [2.05, 4.69) is 34.3 Å². The molecule has 0 saturated carbocycles. The maximum Gasteiger partial charge on any atom is 0.150 e. The number of aliphatic hydroxyl groups excluding tert-OH is 1. The molecule has 0 fully saturated rings. The van der Waals surface area contributed by atoms with Crippen LogP contribution in [0.25, 0.3) is 0 Å². The molecule has 92 valence electrons. The van der Waals surface area contributed by atoms with E-state index in [0.29, 0.717) is 0 Å². The Hall–Kier alpha value is -1.28. The summed E-state index contributed by atoms with van der Waals surface area (Å²) in [6.07, 6.45) is 0. The third-order valence-corrected chi connectivity index (χ3v) is 4.44. The molecule has 0 atom stereocenters. The van der Waals surface area contributed by atoms with E-state index in [9.17, 15) is 0 Å². The van der Waals surface area contributed by atoms with Crippen molar-refractivity contribution in [2.24, 2.45) is 0 Å². The zero-order valence-corrected chi connectivity index (χ0v) is 11.6. The van der Waals surface area contributed by atoms with Crippen molar-refractivity contribution >= 4 is 23.1 Å². The quantitative estimate of drug-likeness (QED) is 0.690. The molecule has 0 aliphatic rings. The summed E-state index contributed by atoms with van der Waals surface area (Å²) in [4.78, 5) is 4.42. The number of aryl methyl sites for hydroxylation is 1. The summed E-state index contributed by atoms with van der Waals surface area (Å²) >= 11 is 3.43. The Kier molecular flexibility index (Phi) is 4.82. The molecule has 0 aliphatic carbocycles. The highest BCUT2D eigenvalue weighted by Crippen LogP contribution is 2.25. The number of aromatic nitrogens is 1. The average molecular weight is 275 g/mol. The highest BCUT2D eigenvalue weighted by atomic mass is 32.2. The molecule has 1 heterocycles. The number of benzene rings is 1. The van der Waals surface area contributed by atoms with Crippen molar-refractivity contribution < 1.29 is 5.11 Å². The summed E-state index contributed by atoms with van der Waals surface area (Å²) in [7, 11) is 0. The number of rotatable bonds is 3. The molecule has 0 radical (unpaired) electrons. The zero-order valence-electron chi connectivity index (χ0n) is 10.0. The second-order valence-corrected chi connectivity index (χ2v) is 5.78. The van der Waals surface area contributed by atoms with Gasteiger partial charge in [-0.1, -0.05) is 35.7 Å². The van der Waals surface area contributed by atoms with Crippen LogP contribution in [0.15, 0.2) is 34.0 Å². The molecule has 2 nitrogen and oxygen atoms in total. The van der Waals surface area contributed by atoms with E-state index in [0.717, 1.165) is 21.3 Å². The van der Waals surface area contributed by atoms with Crippen LogP contribution in [0.1, 0.15) is 16.8 Å². The van der Waals surface area contributed by atoms with Gasteiger partial charge in [-0.05, 0) is 24.6 Å². The standard InChI is InChI=1S/C14H13NOS2/c1-11-9-17-14(15-11)18-10-13-6-4-12(5-7-13)3-2-8-16/h4-7,9,16H,8,10H2,1H3. The van der Waals surface area contributed by atoms with Crippen LogP contribution in [-0.4, -0.2) is 16.7 Å². The average Bonchev–Trinajstić information content (AvgIpc) is 2.81. The lowest BCUT2D eigenvalue weighted by molar-refractivity contribution is 0.350. The number of thioether (sulfide) groups is 1. The first-order valence-electron chi connectivity index (χ1n) is 5.51. The molecule has 0 bridgehead atoms. The fourth-order valence-corrected chi connectivity index (χ4v) is 3.17. The topological polar surface area (TPSA) is 33.1 Å². The minimum Gasteiger partial charge on any atom is -0.384 e. The summed E-state index contributed by atoms with van der Waals surface area (Å²) < 4.78 is 1.11. The van der Waals surface area contributed by atoms with Crippen molar-refractivity contribution in [2.75, 3.05) is 6.61 Å². The van der Waals surface area contributed by atoms with E-state index in [4.69, 9.17) is 5.11 Å². The molecule has 2 rings (SSSR count). The van der Waals surface area contributed by atoms with Crippen molar-refractivity contribution in [2.45, 2.75) is 17.0 Å². The summed E-state index contributed by atoms with van der Waals surface area (Å²) in [6.45, 7) is 1.91. The van der Waals surface area contributed by atoms with Gasteiger partial charge < -0.3 is 5.11 Å². The Morgan fingerprint density at radius 2 is 2.11 bits per heavy atom. The molecule has 0 unspecified atom stereocenters. The van der Waals surface area contributed by atoms with Gasteiger partial charge >= 0.3 is 0 Å². The van der Waals surface area contributed by atoms with E-state index in [1.54, 1.807) is 23.1 Å². The maximum atomic E-state index is 8.61. The minimum atomic E-state index is -0.0962. The molecule has 18 heavy (non-hydrogen) atoms. The monoisotopic (exact) mass is 275 g/mol. The highest BCUT2D eigenvalue weighted by Gasteiger charge is 2.00. The summed E-state index contributed by atoms with van der Waals surface area (Å²) in [5.74, 6) is 6.44. The van der Waals surface area contributed by atoms with E-state index in [-0.39, 0.29) is 6.61 Å². The van der Waals surface area contributed by atoms with Gasteiger partial charge in [0.25, 0.3) is 0 Å². The predicted molar refractivity (Wildman–Crippen MR) is 76.8 cm³/mol. The summed E-state index contributed by atoms with van der Waals surface area (Å²) in [5, 5.41) is 10.7. The predicted octanol–water partition coefficient (Wildman–Crippen LogP) is 3.09. The Morgan fingerprint density at radius 1 is 1.33 bits per heavy atom. The lowest BCUT2D eigenvalue weighted by Crippen LogP contribution is -1.82. The molecule has 2 aromatic rings. The Bertz CT molecular complexity index is 563. The van der Waals surface area contributed by atoms with Crippen molar-refractivity contribution in [3.05, 3.63) is 46.5 Å². The number of hydrogen-bond acceptors (Lipinski definition) is 4. The van der Waals surface area contributed by atoms with Gasteiger partial charge in [0.1, 0.15) is 10.9 Å². The minimum absolute atomic E-state index is 0.0962. The van der Waals surface area contributed by atoms with Gasteiger partial charge in [-0.25, -0.2) is 4.98 Å². The fourth-order valence-electron chi connectivity index (χ4n) is 1.37. The molecule has 0 amide bonds. The molecular formula is C14H13NOS2. The number of nitrogens with zero attached hydrogens (tertiary/aromatic N) is 1. The van der Waals surface area contributed by atoms with Gasteiger partial charge in [-0.2, -0.15) is 0 Å². The van der Waals surface area contributed by atoms with E-state index >= 15 is 0 Å². The summed E-state index contributed by atoms with van der Waals surface area (Å²) in [5.41, 5.74) is 3.27. The summed E-state index contributed by atoms with van der Waals surface area (Å²) in [6, 6.07) is 8.08. The Balaban J connectivity index is 1.94. The van der Waals surface area contributed by atoms with Crippen molar-refractivity contribution in [1.29, 1.82) is 0 Å². The molecule has 0 spiro atoms. The van der Waals surface area contributed by atoms with Gasteiger partial charge in [-0.15, -0.1) is 11.3 Å². The first-order chi connectivity index (χ1) is 8.78. The number of aliphatic hydroxyl groups is 1. The smallest absolute Gasteiger partial charge is 0.150 e. The molecular weight excluding hydrogens is 262 g/mol. The van der Waals surface area contributed by atoms with Crippen LogP contribution in [0.2, 0.25) is 0 Å². The maximum absolute atomic E-state index is 8.61. The number of hydrogen-bond donors (Lipinski definition) is 1. The fraction of sp³-hybridized carbons (Fsp3) is 0.214. The van der Waals surface area contributed by atoms with Crippen LogP contribution < -0.4 is 0 Å². The van der Waals surface area contributed by atoms with Crippen molar-refractivity contribution in [3.63, 3.8) is 0 Å². The van der Waals surface area contributed by atoms with E-state index in [1.165, 1.54) is 5.56 Å². The van der Waals surface area contributed by atoms with Gasteiger partial charge in [0.05, 0.1) is 0 Å². The zero-order chi connectivity index (χ0) is 12.8. The second-order valence-electron chi connectivity index (χ2n) is 3.70. The van der Waals surface area contributed by atoms with Crippen LogP contribution in [0, 0.1) is 18.8 Å². The molecule has 1 aromatic heterocycles. The highest BCUT2D eigenvalue weighted by molar-refractivity contribution is 8.00. The van der Waals surface area contributed by atoms with Gasteiger partial charge in [0, 0.05) is 22.4 Å². The van der Waals surface area contributed by atoms with Crippen LogP contribution in [-0.2, 0) is 5.75 Å². The third-order valence-electron chi connectivity index (χ3n) is 2.23. The molecule has 1 aromatic carbocycles. The van der Waals surface area contributed by atoms with Gasteiger partial charge in [0.15, 0.2) is 0 Å². The molecule has 1 N–H and O–H groups in total. The Morgan fingerprint density at radius 3 is 2.72 bits per heavy atom. The van der Waals surface area contributed by atoms with Gasteiger partial charge in [-0.3, -0.25) is 0 Å². The van der Waals surface area contributed by atoms with Crippen LogP contribution in [0.3, 0.4) is 0 Å². The first kappa shape index (κ1) is 13.2. The third kappa shape index (κ3) is 3.88. The van der Waals surface area contributed by atoms with Crippen molar-refractivity contribution in [1.82, 2.24) is 4.98 Å². The first-order valence-corrected chi connectivity index (χ1v) is 7.38. The largest absolute Gasteiger partial charge is 0.384 e. The van der Waals surface area contributed by atoms with Gasteiger partial charge in [0.2, 0.25) is 0 Å². The SMILES string of the molecule is Cc1csc(SCc2ccc(C#CCO)cc2)n1. The van der Waals surface area contributed by atoms with Crippen LogP contribution in [0.5, 0.6) is 0 Å². The normalized spacial score (nSPS) is 9.89. The van der Waals surface area contributed by atoms with E-state index in [1.807, 2.05) is 19.1 Å². The Labute approximate surface area is 115 Å². The van der Waals surface area contributed by atoms with E-state index < -0.39 is 0 Å².